The molecule has 3 rings (SSSR count). The molecule has 2 heterocycles. The normalized spacial score (nSPS) is 24.6. The largest absolute Gasteiger partial charge is 0.446 e. The van der Waals surface area contributed by atoms with E-state index in [0.717, 1.165) is 25.2 Å². The molecule has 1 saturated carbocycles. The number of nitrogens with one attached hydrogen (secondary N) is 1. The Labute approximate surface area is 100 Å². The van der Waals surface area contributed by atoms with Gasteiger partial charge < -0.3 is 14.6 Å². The van der Waals surface area contributed by atoms with E-state index in [2.05, 4.69) is 10.3 Å². The molecule has 92 valence electrons. The molecular weight excluding hydrogens is 218 g/mol. The molecule has 0 radical (unpaired) electrons. The lowest BCUT2D eigenvalue weighted by Gasteiger charge is -2.23. The number of carbonyl (C=O) groups excluding carboxylic acids is 1. The molecule has 2 aliphatic rings. The van der Waals surface area contributed by atoms with E-state index >= 15 is 0 Å². The van der Waals surface area contributed by atoms with Gasteiger partial charge in [-0.1, -0.05) is 0 Å². The molecule has 5 heteroatoms. The van der Waals surface area contributed by atoms with Gasteiger partial charge in [0.2, 0.25) is 5.91 Å². The number of likely N-dealkylation sites (N-methyl/N-ethyl adjacent to an activating group) is 1. The van der Waals surface area contributed by atoms with E-state index in [4.69, 9.17) is 4.42 Å². The van der Waals surface area contributed by atoms with Crippen LogP contribution in [0.5, 0.6) is 0 Å². The van der Waals surface area contributed by atoms with E-state index in [1.54, 1.807) is 7.05 Å². The lowest BCUT2D eigenvalue weighted by Crippen LogP contribution is -2.40. The third kappa shape index (κ3) is 1.95. The molecule has 1 aliphatic carbocycles. The van der Waals surface area contributed by atoms with Crippen LogP contribution in [0.4, 0.5) is 0 Å². The molecule has 1 atom stereocenters. The van der Waals surface area contributed by atoms with Crippen molar-refractivity contribution in [3.63, 3.8) is 0 Å². The Kier molecular flexibility index (Phi) is 2.63. The molecule has 0 aromatic carbocycles. The number of oxazole rings is 1. The predicted octanol–water partition coefficient (Wildman–Crippen LogP) is 0.730. The Hall–Kier alpha value is -1.36. The summed E-state index contributed by atoms with van der Waals surface area (Å²) < 4.78 is 5.36. The molecule has 0 spiro atoms. The van der Waals surface area contributed by atoms with Crippen molar-refractivity contribution in [2.45, 2.75) is 25.3 Å². The minimum Gasteiger partial charge on any atom is -0.446 e. The second-order valence-electron chi connectivity index (χ2n) is 4.86. The molecular formula is C12H17N3O2. The van der Waals surface area contributed by atoms with Crippen LogP contribution in [0.15, 0.2) is 10.8 Å². The third-order valence-corrected chi connectivity index (χ3v) is 3.58. The van der Waals surface area contributed by atoms with Crippen LogP contribution in [0.1, 0.15) is 30.3 Å². The number of fused-ring (bicyclic) bond motifs is 1. The standard InChI is InChI=1S/C12H17N3O2/c1-13-10-11-9(14-7-17-11)4-5-15(12(10)16)6-8-2-3-8/h7-8,10,13H,2-6H2,1H3. The number of aromatic nitrogens is 1. The lowest BCUT2D eigenvalue weighted by atomic mass is 10.1. The molecule has 1 amide bonds. The van der Waals surface area contributed by atoms with Gasteiger partial charge in [-0.25, -0.2) is 4.98 Å². The van der Waals surface area contributed by atoms with E-state index in [9.17, 15) is 4.79 Å². The molecule has 5 nitrogen and oxygen atoms in total. The molecule has 1 aromatic rings. The van der Waals surface area contributed by atoms with Gasteiger partial charge in [-0.05, 0) is 25.8 Å². The molecule has 1 N–H and O–H groups in total. The van der Waals surface area contributed by atoms with Crippen LogP contribution >= 0.6 is 0 Å². The summed E-state index contributed by atoms with van der Waals surface area (Å²) in [4.78, 5) is 18.5. The smallest absolute Gasteiger partial charge is 0.247 e. The molecule has 1 fully saturated rings. The molecule has 17 heavy (non-hydrogen) atoms. The zero-order valence-corrected chi connectivity index (χ0v) is 9.98. The quantitative estimate of drug-likeness (QED) is 0.839. The number of rotatable bonds is 3. The maximum Gasteiger partial charge on any atom is 0.247 e. The van der Waals surface area contributed by atoms with Gasteiger partial charge in [0.05, 0.1) is 5.69 Å². The first-order chi connectivity index (χ1) is 8.29. The van der Waals surface area contributed by atoms with Crippen molar-refractivity contribution < 1.29 is 9.21 Å². The van der Waals surface area contributed by atoms with Crippen molar-refractivity contribution >= 4 is 5.91 Å². The first-order valence-electron chi connectivity index (χ1n) is 6.18. The van der Waals surface area contributed by atoms with Crippen molar-refractivity contribution in [3.8, 4) is 0 Å². The maximum atomic E-state index is 12.4. The molecule has 0 saturated heterocycles. The average Bonchev–Trinajstić information content (AvgIpc) is 3.05. The van der Waals surface area contributed by atoms with Crippen LogP contribution in [-0.2, 0) is 11.2 Å². The van der Waals surface area contributed by atoms with Crippen molar-refractivity contribution in [2.24, 2.45) is 5.92 Å². The van der Waals surface area contributed by atoms with E-state index < -0.39 is 0 Å². The van der Waals surface area contributed by atoms with Crippen LogP contribution in [0.25, 0.3) is 0 Å². The highest BCUT2D eigenvalue weighted by Gasteiger charge is 2.35. The summed E-state index contributed by atoms with van der Waals surface area (Å²) in [5.41, 5.74) is 0.913. The molecule has 1 unspecified atom stereocenters. The van der Waals surface area contributed by atoms with Crippen LogP contribution in [0.3, 0.4) is 0 Å². The average molecular weight is 235 g/mol. The van der Waals surface area contributed by atoms with E-state index in [0.29, 0.717) is 11.7 Å². The Bertz CT molecular complexity index is 425. The van der Waals surface area contributed by atoms with Crippen LogP contribution in [-0.4, -0.2) is 35.9 Å². The van der Waals surface area contributed by atoms with Crippen molar-refractivity contribution in [1.82, 2.24) is 15.2 Å². The van der Waals surface area contributed by atoms with Crippen molar-refractivity contribution in [1.29, 1.82) is 0 Å². The predicted molar refractivity (Wildman–Crippen MR) is 61.3 cm³/mol. The van der Waals surface area contributed by atoms with Gasteiger partial charge in [-0.3, -0.25) is 4.79 Å². The summed E-state index contributed by atoms with van der Waals surface area (Å²) in [5, 5.41) is 3.03. The van der Waals surface area contributed by atoms with Gasteiger partial charge in [-0.15, -0.1) is 0 Å². The van der Waals surface area contributed by atoms with Gasteiger partial charge in [-0.2, -0.15) is 0 Å². The Balaban J connectivity index is 1.84. The zero-order chi connectivity index (χ0) is 11.8. The van der Waals surface area contributed by atoms with Crippen LogP contribution in [0.2, 0.25) is 0 Å². The highest BCUT2D eigenvalue weighted by atomic mass is 16.3. The monoisotopic (exact) mass is 235 g/mol. The second-order valence-corrected chi connectivity index (χ2v) is 4.86. The van der Waals surface area contributed by atoms with Gasteiger partial charge in [0, 0.05) is 19.5 Å². The molecule has 1 aliphatic heterocycles. The highest BCUT2D eigenvalue weighted by Crippen LogP contribution is 2.32. The van der Waals surface area contributed by atoms with Crippen LogP contribution < -0.4 is 5.32 Å². The molecule has 0 bridgehead atoms. The Morgan fingerprint density at radius 3 is 3.12 bits per heavy atom. The summed E-state index contributed by atoms with van der Waals surface area (Å²) in [6, 6.07) is -0.367. The van der Waals surface area contributed by atoms with Crippen molar-refractivity contribution in [3.05, 3.63) is 17.8 Å². The van der Waals surface area contributed by atoms with Gasteiger partial charge in [0.1, 0.15) is 6.04 Å². The minimum absolute atomic E-state index is 0.120. The Morgan fingerprint density at radius 2 is 2.41 bits per heavy atom. The number of hydrogen-bond donors (Lipinski definition) is 1. The maximum absolute atomic E-state index is 12.4. The minimum atomic E-state index is -0.367. The fraction of sp³-hybridized carbons (Fsp3) is 0.667. The number of amides is 1. The number of nitrogens with zero attached hydrogens (tertiary/aromatic N) is 2. The lowest BCUT2D eigenvalue weighted by molar-refractivity contribution is -0.133. The summed E-state index contributed by atoms with van der Waals surface area (Å²) in [5.74, 6) is 1.53. The van der Waals surface area contributed by atoms with Crippen molar-refractivity contribution in [2.75, 3.05) is 20.1 Å². The SMILES string of the molecule is CNC1C(=O)N(CC2CC2)CCc2ncoc21. The summed E-state index contributed by atoms with van der Waals surface area (Å²) in [6.45, 7) is 1.65. The van der Waals surface area contributed by atoms with Gasteiger partial charge >= 0.3 is 0 Å². The van der Waals surface area contributed by atoms with E-state index in [1.165, 1.54) is 19.2 Å². The van der Waals surface area contributed by atoms with E-state index in [1.807, 2.05) is 4.90 Å². The first kappa shape index (κ1) is 10.8. The second kappa shape index (κ2) is 4.14. The van der Waals surface area contributed by atoms with E-state index in [-0.39, 0.29) is 11.9 Å². The zero-order valence-electron chi connectivity index (χ0n) is 9.98. The third-order valence-electron chi connectivity index (χ3n) is 3.58. The molecule has 1 aromatic heterocycles. The first-order valence-corrected chi connectivity index (χ1v) is 6.18. The number of carbonyl (C=O) groups is 1. The highest BCUT2D eigenvalue weighted by molar-refractivity contribution is 5.83. The van der Waals surface area contributed by atoms with Gasteiger partial charge in [0.25, 0.3) is 0 Å². The Morgan fingerprint density at radius 1 is 1.59 bits per heavy atom. The fourth-order valence-electron chi connectivity index (χ4n) is 2.39. The topological polar surface area (TPSA) is 58.4 Å². The summed E-state index contributed by atoms with van der Waals surface area (Å²) in [6.07, 6.45) is 4.74. The van der Waals surface area contributed by atoms with Gasteiger partial charge in [0.15, 0.2) is 12.2 Å². The van der Waals surface area contributed by atoms with Crippen LogP contribution in [0, 0.1) is 5.92 Å². The number of hydrogen-bond acceptors (Lipinski definition) is 4. The fourth-order valence-corrected chi connectivity index (χ4v) is 2.39. The summed E-state index contributed by atoms with van der Waals surface area (Å²) in [7, 11) is 1.79. The summed E-state index contributed by atoms with van der Waals surface area (Å²) >= 11 is 0.